The third-order valence-electron chi connectivity index (χ3n) is 8.05. The normalized spacial score (nSPS) is 23.1. The minimum Gasteiger partial charge on any atom is -0.435 e. The van der Waals surface area contributed by atoms with Crippen LogP contribution in [0.25, 0.3) is 0 Å². The molecular formula is C30H48NO5P. The van der Waals surface area contributed by atoms with Crippen LogP contribution < -0.4 is 0 Å². The Hall–Kier alpha value is -1.65. The number of hydrogen-bond donors (Lipinski definition) is 0. The number of aryl methyl sites for hydroxylation is 1. The van der Waals surface area contributed by atoms with Gasteiger partial charge < -0.3 is 9.64 Å². The number of unbranched alkanes of at least 4 members (excludes halogenated alkanes) is 1. The highest BCUT2D eigenvalue weighted by Gasteiger charge is 2.40. The van der Waals surface area contributed by atoms with E-state index in [-0.39, 0.29) is 36.4 Å². The van der Waals surface area contributed by atoms with Crippen molar-refractivity contribution in [2.45, 2.75) is 104 Å². The molecule has 1 aliphatic heterocycles. The monoisotopic (exact) mass is 533 g/mol. The first kappa shape index (κ1) is 29.9. The van der Waals surface area contributed by atoms with Gasteiger partial charge in [-0.25, -0.2) is 0 Å². The Kier molecular flexibility index (Phi) is 11.7. The Morgan fingerprint density at radius 2 is 1.76 bits per heavy atom. The quantitative estimate of drug-likeness (QED) is 0.117. The van der Waals surface area contributed by atoms with Crippen molar-refractivity contribution in [3.05, 3.63) is 35.9 Å². The molecule has 1 saturated heterocycles. The first-order valence-electron chi connectivity index (χ1n) is 14.5. The molecule has 1 aromatic carbocycles. The SMILES string of the molecule is CCC(=O)OC(OP(=O)(CCCCc1ccccc1)CC(=O)N1CC(C2CCCCC2)CC1C)C(C)C. The van der Waals surface area contributed by atoms with Crippen LogP contribution in [0.3, 0.4) is 0 Å². The summed E-state index contributed by atoms with van der Waals surface area (Å²) in [5, 5.41) is 0. The molecule has 3 rings (SSSR count). The zero-order valence-electron chi connectivity index (χ0n) is 23.4. The summed E-state index contributed by atoms with van der Waals surface area (Å²) >= 11 is 0. The van der Waals surface area contributed by atoms with Crippen molar-refractivity contribution in [3.63, 3.8) is 0 Å². The van der Waals surface area contributed by atoms with Gasteiger partial charge in [-0.3, -0.25) is 18.7 Å². The molecule has 6 nitrogen and oxygen atoms in total. The Morgan fingerprint density at radius 3 is 2.41 bits per heavy atom. The van der Waals surface area contributed by atoms with E-state index in [0.29, 0.717) is 24.4 Å². The number of amides is 1. The molecule has 4 unspecified atom stereocenters. The van der Waals surface area contributed by atoms with Crippen molar-refractivity contribution in [2.75, 3.05) is 18.9 Å². The van der Waals surface area contributed by atoms with Crippen LogP contribution in [0.1, 0.15) is 91.0 Å². The lowest BCUT2D eigenvalue weighted by Gasteiger charge is -2.30. The molecule has 0 bridgehead atoms. The number of hydrogen-bond acceptors (Lipinski definition) is 5. The second-order valence-electron chi connectivity index (χ2n) is 11.5. The van der Waals surface area contributed by atoms with Crippen LogP contribution in [-0.4, -0.2) is 48.0 Å². The third-order valence-corrected chi connectivity index (χ3v) is 10.4. The molecule has 208 valence electrons. The van der Waals surface area contributed by atoms with Gasteiger partial charge in [0.2, 0.25) is 19.6 Å². The number of benzene rings is 1. The lowest BCUT2D eigenvalue weighted by Crippen LogP contribution is -2.37. The summed E-state index contributed by atoms with van der Waals surface area (Å²) in [4.78, 5) is 27.5. The van der Waals surface area contributed by atoms with E-state index in [0.717, 1.165) is 25.8 Å². The first-order chi connectivity index (χ1) is 17.7. The second-order valence-corrected chi connectivity index (χ2v) is 14.1. The highest BCUT2D eigenvalue weighted by molar-refractivity contribution is 7.59. The van der Waals surface area contributed by atoms with Gasteiger partial charge >= 0.3 is 5.97 Å². The number of likely N-dealkylation sites (tertiary alicyclic amines) is 1. The highest BCUT2D eigenvalue weighted by atomic mass is 31.2. The molecule has 0 aromatic heterocycles. The van der Waals surface area contributed by atoms with Crippen LogP contribution in [0, 0.1) is 17.8 Å². The molecular weight excluding hydrogens is 485 g/mol. The highest BCUT2D eigenvalue weighted by Crippen LogP contribution is 2.51. The fraction of sp³-hybridized carbons (Fsp3) is 0.733. The molecule has 4 atom stereocenters. The molecule has 7 heteroatoms. The summed E-state index contributed by atoms with van der Waals surface area (Å²) in [6.07, 6.45) is 9.41. The molecule has 1 heterocycles. The van der Waals surface area contributed by atoms with Gasteiger partial charge in [0.15, 0.2) is 0 Å². The van der Waals surface area contributed by atoms with Crippen molar-refractivity contribution in [1.29, 1.82) is 0 Å². The van der Waals surface area contributed by atoms with Crippen LogP contribution in [0.15, 0.2) is 30.3 Å². The Balaban J connectivity index is 1.66. The minimum absolute atomic E-state index is 0.0819. The van der Waals surface area contributed by atoms with E-state index >= 15 is 0 Å². The zero-order valence-corrected chi connectivity index (χ0v) is 24.3. The number of carbonyl (C=O) groups is 2. The van der Waals surface area contributed by atoms with Crippen LogP contribution >= 0.6 is 7.37 Å². The smallest absolute Gasteiger partial charge is 0.307 e. The predicted octanol–water partition coefficient (Wildman–Crippen LogP) is 7.06. The molecule has 1 saturated carbocycles. The van der Waals surface area contributed by atoms with Crippen molar-refractivity contribution >= 4 is 19.2 Å². The average molecular weight is 534 g/mol. The van der Waals surface area contributed by atoms with E-state index in [9.17, 15) is 14.2 Å². The summed E-state index contributed by atoms with van der Waals surface area (Å²) in [6, 6.07) is 10.4. The van der Waals surface area contributed by atoms with Crippen LogP contribution in [0.2, 0.25) is 0 Å². The average Bonchev–Trinajstić information content (AvgIpc) is 3.29. The third kappa shape index (κ3) is 9.25. The van der Waals surface area contributed by atoms with E-state index in [4.69, 9.17) is 9.26 Å². The standard InChI is InChI=1S/C30H48NO5P/c1-5-29(33)35-30(23(2)3)36-37(34,19-13-12-16-25-14-8-6-9-15-25)22-28(32)31-21-27(20-24(31)4)26-17-10-7-11-18-26/h6,8-9,14-15,23-24,26-27,30H,5,7,10-13,16-22H2,1-4H3. The molecule has 1 amide bonds. The predicted molar refractivity (Wildman–Crippen MR) is 149 cm³/mol. The lowest BCUT2D eigenvalue weighted by atomic mass is 9.79. The maximum absolute atomic E-state index is 14.2. The molecule has 2 fully saturated rings. The number of esters is 1. The van der Waals surface area contributed by atoms with Gasteiger partial charge in [0, 0.05) is 31.1 Å². The number of rotatable bonds is 13. The number of ether oxygens (including phenoxy) is 1. The van der Waals surface area contributed by atoms with Crippen molar-refractivity contribution in [3.8, 4) is 0 Å². The molecule has 0 radical (unpaired) electrons. The van der Waals surface area contributed by atoms with Crippen molar-refractivity contribution < 1.29 is 23.4 Å². The zero-order chi connectivity index (χ0) is 26.8. The molecule has 1 aromatic rings. The summed E-state index contributed by atoms with van der Waals surface area (Å²) in [5.74, 6) is 0.614. The Morgan fingerprint density at radius 1 is 1.05 bits per heavy atom. The van der Waals surface area contributed by atoms with E-state index in [1.165, 1.54) is 37.7 Å². The Bertz CT molecular complexity index is 898. The van der Waals surface area contributed by atoms with Gasteiger partial charge in [0.25, 0.3) is 0 Å². The minimum atomic E-state index is -3.37. The van der Waals surface area contributed by atoms with E-state index < -0.39 is 13.7 Å². The molecule has 37 heavy (non-hydrogen) atoms. The topological polar surface area (TPSA) is 72.9 Å². The van der Waals surface area contributed by atoms with Gasteiger partial charge in [-0.05, 0) is 50.0 Å². The maximum Gasteiger partial charge on any atom is 0.307 e. The summed E-state index contributed by atoms with van der Waals surface area (Å²) in [7, 11) is -3.37. The maximum atomic E-state index is 14.2. The van der Waals surface area contributed by atoms with Crippen LogP contribution in [0.4, 0.5) is 0 Å². The van der Waals surface area contributed by atoms with E-state index in [1.807, 2.05) is 36.9 Å². The number of carbonyl (C=O) groups excluding carboxylic acids is 2. The number of nitrogens with zero attached hydrogens (tertiary/aromatic N) is 1. The Labute approximate surface area is 224 Å². The summed E-state index contributed by atoms with van der Waals surface area (Å²) < 4.78 is 25.8. The van der Waals surface area contributed by atoms with Gasteiger partial charge in [0.05, 0.1) is 0 Å². The fourth-order valence-electron chi connectivity index (χ4n) is 5.84. The van der Waals surface area contributed by atoms with Gasteiger partial charge in [-0.1, -0.05) is 83.2 Å². The van der Waals surface area contributed by atoms with Crippen molar-refractivity contribution in [2.24, 2.45) is 17.8 Å². The largest absolute Gasteiger partial charge is 0.435 e. The van der Waals surface area contributed by atoms with Crippen LogP contribution in [0.5, 0.6) is 0 Å². The molecule has 2 aliphatic rings. The van der Waals surface area contributed by atoms with Gasteiger partial charge in [0.1, 0.15) is 6.16 Å². The first-order valence-corrected chi connectivity index (χ1v) is 16.5. The second kappa shape index (κ2) is 14.5. The lowest BCUT2D eigenvalue weighted by molar-refractivity contribution is -0.169. The molecule has 0 N–H and O–H groups in total. The van der Waals surface area contributed by atoms with Crippen molar-refractivity contribution in [1.82, 2.24) is 4.90 Å². The molecule has 1 aliphatic carbocycles. The van der Waals surface area contributed by atoms with Crippen LogP contribution in [-0.2, 0) is 29.8 Å². The van der Waals surface area contributed by atoms with Gasteiger partial charge in [-0.15, -0.1) is 0 Å². The molecule has 0 spiro atoms. The van der Waals surface area contributed by atoms with E-state index in [1.54, 1.807) is 6.92 Å². The van der Waals surface area contributed by atoms with Gasteiger partial charge in [-0.2, -0.15) is 0 Å². The summed E-state index contributed by atoms with van der Waals surface area (Å²) in [5.41, 5.74) is 1.24. The summed E-state index contributed by atoms with van der Waals surface area (Å²) in [6.45, 7) is 8.37. The van der Waals surface area contributed by atoms with E-state index in [2.05, 4.69) is 19.1 Å². The fourth-order valence-corrected chi connectivity index (χ4v) is 8.14.